The summed E-state index contributed by atoms with van der Waals surface area (Å²) in [5, 5.41) is 0. The van der Waals surface area contributed by atoms with Crippen LogP contribution in [0.5, 0.6) is 0 Å². The van der Waals surface area contributed by atoms with Crippen LogP contribution in [0.2, 0.25) is 0 Å². The van der Waals surface area contributed by atoms with Gasteiger partial charge in [0, 0.05) is 4.88 Å². The Morgan fingerprint density at radius 2 is 2.43 bits per heavy atom. The first-order valence-corrected chi connectivity index (χ1v) is 5.78. The zero-order chi connectivity index (χ0) is 9.97. The molecule has 4 heteroatoms. The molecule has 3 nitrogen and oxygen atoms in total. The fourth-order valence-corrected chi connectivity index (χ4v) is 2.16. The van der Waals surface area contributed by atoms with Gasteiger partial charge in [-0.1, -0.05) is 6.92 Å². The fourth-order valence-electron chi connectivity index (χ4n) is 1.25. The molecule has 3 N–H and O–H groups in total. The first kappa shape index (κ1) is 9.68. The van der Waals surface area contributed by atoms with E-state index in [1.807, 2.05) is 0 Å². The van der Waals surface area contributed by atoms with Crippen LogP contribution in [0.3, 0.4) is 0 Å². The van der Waals surface area contributed by atoms with Gasteiger partial charge in [0.2, 0.25) is 0 Å². The molecule has 0 atom stereocenters. The number of aryl methyl sites for hydroxylation is 1. The number of thiophene rings is 1. The van der Waals surface area contributed by atoms with Crippen molar-refractivity contribution in [3.63, 3.8) is 0 Å². The van der Waals surface area contributed by atoms with E-state index in [1.54, 1.807) is 11.3 Å². The zero-order valence-corrected chi connectivity index (χ0v) is 9.10. The molecule has 0 aromatic carbocycles. The van der Waals surface area contributed by atoms with Crippen LogP contribution in [0, 0.1) is 0 Å². The Kier molecular flexibility index (Phi) is 2.84. The number of amidine groups is 1. The molecule has 0 amide bonds. The molecule has 76 valence electrons. The van der Waals surface area contributed by atoms with Crippen molar-refractivity contribution in [2.45, 2.75) is 32.2 Å². The van der Waals surface area contributed by atoms with Gasteiger partial charge in [-0.05, 0) is 31.4 Å². The van der Waals surface area contributed by atoms with E-state index in [9.17, 15) is 0 Å². The van der Waals surface area contributed by atoms with Crippen molar-refractivity contribution >= 4 is 17.2 Å². The van der Waals surface area contributed by atoms with Crippen molar-refractivity contribution in [2.24, 2.45) is 10.8 Å². The summed E-state index contributed by atoms with van der Waals surface area (Å²) >= 11 is 1.76. The lowest BCUT2D eigenvalue weighted by Crippen LogP contribution is -2.30. The second-order valence-electron chi connectivity index (χ2n) is 3.47. The van der Waals surface area contributed by atoms with Crippen LogP contribution in [-0.4, -0.2) is 11.9 Å². The number of nitrogens with zero attached hydrogens (tertiary/aromatic N) is 1. The highest BCUT2D eigenvalue weighted by Gasteiger charge is 2.21. The standard InChI is InChI=1S/C10H15N3S/c1-2-8-5-6-9(14-8)10(13-11)12-7-3-4-7/h5-7H,2-4,11H2,1H3,(H,12,13). The van der Waals surface area contributed by atoms with E-state index in [1.165, 1.54) is 17.7 Å². The predicted octanol–water partition coefficient (Wildman–Crippen LogP) is 1.68. The van der Waals surface area contributed by atoms with Crippen molar-refractivity contribution in [1.82, 2.24) is 5.43 Å². The minimum Gasteiger partial charge on any atom is -0.308 e. The molecular formula is C10H15N3S. The summed E-state index contributed by atoms with van der Waals surface area (Å²) in [4.78, 5) is 7.04. The first-order chi connectivity index (χ1) is 6.83. The van der Waals surface area contributed by atoms with E-state index in [-0.39, 0.29) is 0 Å². The molecule has 0 spiro atoms. The Morgan fingerprint density at radius 1 is 1.64 bits per heavy atom. The molecule has 0 bridgehead atoms. The maximum absolute atomic E-state index is 5.46. The first-order valence-electron chi connectivity index (χ1n) is 4.97. The summed E-state index contributed by atoms with van der Waals surface area (Å²) in [6.45, 7) is 2.16. The summed E-state index contributed by atoms with van der Waals surface area (Å²) in [6.07, 6.45) is 3.49. The Balaban J connectivity index is 2.17. The summed E-state index contributed by atoms with van der Waals surface area (Å²) in [5.74, 6) is 6.30. The summed E-state index contributed by atoms with van der Waals surface area (Å²) < 4.78 is 0. The van der Waals surface area contributed by atoms with Gasteiger partial charge in [0.15, 0.2) is 5.84 Å². The van der Waals surface area contributed by atoms with E-state index in [2.05, 4.69) is 29.5 Å². The Hall–Kier alpha value is -0.870. The third-order valence-corrected chi connectivity index (χ3v) is 3.48. The third kappa shape index (κ3) is 2.13. The Labute approximate surface area is 88.0 Å². The van der Waals surface area contributed by atoms with Gasteiger partial charge in [-0.25, -0.2) is 5.84 Å². The molecule has 1 fully saturated rings. The van der Waals surface area contributed by atoms with Gasteiger partial charge in [0.25, 0.3) is 0 Å². The number of hydrazine groups is 1. The SMILES string of the molecule is CCc1ccc(C(=NC2CC2)NN)s1. The van der Waals surface area contributed by atoms with Crippen molar-refractivity contribution < 1.29 is 0 Å². The van der Waals surface area contributed by atoms with Gasteiger partial charge in [-0.15, -0.1) is 11.3 Å². The van der Waals surface area contributed by atoms with Crippen LogP contribution in [0.1, 0.15) is 29.5 Å². The highest BCUT2D eigenvalue weighted by molar-refractivity contribution is 7.14. The number of nitrogens with two attached hydrogens (primary N) is 1. The molecule has 1 aliphatic carbocycles. The van der Waals surface area contributed by atoms with Crippen molar-refractivity contribution in [1.29, 1.82) is 0 Å². The lowest BCUT2D eigenvalue weighted by molar-refractivity contribution is 0.975. The second-order valence-corrected chi connectivity index (χ2v) is 4.64. The van der Waals surface area contributed by atoms with Crippen molar-refractivity contribution in [3.05, 3.63) is 21.9 Å². The van der Waals surface area contributed by atoms with Crippen LogP contribution >= 0.6 is 11.3 Å². The molecule has 14 heavy (non-hydrogen) atoms. The summed E-state index contributed by atoms with van der Waals surface area (Å²) in [7, 11) is 0. The summed E-state index contributed by atoms with van der Waals surface area (Å²) in [6, 6.07) is 4.73. The number of aliphatic imine (C=N–C) groups is 1. The van der Waals surface area contributed by atoms with Crippen LogP contribution in [0.4, 0.5) is 0 Å². The monoisotopic (exact) mass is 209 g/mol. The largest absolute Gasteiger partial charge is 0.308 e. The highest BCUT2D eigenvalue weighted by atomic mass is 32.1. The lowest BCUT2D eigenvalue weighted by Gasteiger charge is -2.01. The van der Waals surface area contributed by atoms with Gasteiger partial charge in [-0.3, -0.25) is 4.99 Å². The van der Waals surface area contributed by atoms with Crippen LogP contribution in [0.15, 0.2) is 17.1 Å². The molecule has 1 saturated carbocycles. The van der Waals surface area contributed by atoms with Crippen LogP contribution in [-0.2, 0) is 6.42 Å². The minimum absolute atomic E-state index is 0.508. The maximum Gasteiger partial charge on any atom is 0.153 e. The van der Waals surface area contributed by atoms with E-state index in [4.69, 9.17) is 5.84 Å². The van der Waals surface area contributed by atoms with Gasteiger partial charge in [0.05, 0.1) is 10.9 Å². The van der Waals surface area contributed by atoms with Gasteiger partial charge in [-0.2, -0.15) is 0 Å². The third-order valence-electron chi connectivity index (χ3n) is 2.24. The maximum atomic E-state index is 5.46. The van der Waals surface area contributed by atoms with E-state index in [0.29, 0.717) is 6.04 Å². The Morgan fingerprint density at radius 3 is 2.93 bits per heavy atom. The molecular weight excluding hydrogens is 194 g/mol. The molecule has 0 unspecified atom stereocenters. The molecule has 1 aromatic heterocycles. The smallest absolute Gasteiger partial charge is 0.153 e. The fraction of sp³-hybridized carbons (Fsp3) is 0.500. The van der Waals surface area contributed by atoms with E-state index >= 15 is 0 Å². The van der Waals surface area contributed by atoms with Gasteiger partial charge in [0.1, 0.15) is 0 Å². The highest BCUT2D eigenvalue weighted by Crippen LogP contribution is 2.25. The average Bonchev–Trinajstić information content (AvgIpc) is 2.90. The van der Waals surface area contributed by atoms with Crippen molar-refractivity contribution in [2.75, 3.05) is 0 Å². The zero-order valence-electron chi connectivity index (χ0n) is 8.29. The van der Waals surface area contributed by atoms with E-state index < -0.39 is 0 Å². The number of nitrogens with one attached hydrogen (secondary N) is 1. The average molecular weight is 209 g/mol. The number of rotatable bonds is 3. The molecule has 0 radical (unpaired) electrons. The molecule has 0 aliphatic heterocycles. The van der Waals surface area contributed by atoms with Gasteiger partial charge < -0.3 is 5.43 Å². The molecule has 1 heterocycles. The molecule has 0 saturated heterocycles. The van der Waals surface area contributed by atoms with E-state index in [0.717, 1.165) is 17.1 Å². The van der Waals surface area contributed by atoms with Gasteiger partial charge >= 0.3 is 0 Å². The topological polar surface area (TPSA) is 50.4 Å². The second kappa shape index (κ2) is 4.11. The van der Waals surface area contributed by atoms with Crippen LogP contribution < -0.4 is 11.3 Å². The number of hydrogen-bond donors (Lipinski definition) is 2. The predicted molar refractivity (Wildman–Crippen MR) is 60.6 cm³/mol. The molecule has 1 aliphatic rings. The lowest BCUT2D eigenvalue weighted by atomic mass is 10.3. The number of hydrogen-bond acceptors (Lipinski definition) is 3. The quantitative estimate of drug-likeness (QED) is 0.344. The normalized spacial score (nSPS) is 17.1. The molecule has 2 rings (SSSR count). The minimum atomic E-state index is 0.508. The van der Waals surface area contributed by atoms with Crippen molar-refractivity contribution in [3.8, 4) is 0 Å². The summed E-state index contributed by atoms with van der Waals surface area (Å²) in [5.41, 5.74) is 2.69. The molecule has 1 aromatic rings. The Bertz CT molecular complexity index is 339. The van der Waals surface area contributed by atoms with Crippen LogP contribution in [0.25, 0.3) is 0 Å².